The number of benzene rings is 2. The van der Waals surface area contributed by atoms with Gasteiger partial charge in [0.15, 0.2) is 0 Å². The standard InChI is InChI=1S/C21H27F2NO/c1-14(2)24(25-5)13-17(21-15(3)8-6-9-16(21)4)12-18-19(22)10-7-11-20(18)23/h6-11,14,17H,12-13H2,1-5H3. The monoisotopic (exact) mass is 347 g/mol. The van der Waals surface area contributed by atoms with Crippen LogP contribution < -0.4 is 0 Å². The summed E-state index contributed by atoms with van der Waals surface area (Å²) in [6, 6.07) is 10.3. The van der Waals surface area contributed by atoms with Gasteiger partial charge < -0.3 is 4.84 Å². The number of rotatable bonds is 7. The molecule has 0 aliphatic rings. The van der Waals surface area contributed by atoms with Gasteiger partial charge in [0.2, 0.25) is 0 Å². The van der Waals surface area contributed by atoms with Crippen molar-refractivity contribution in [2.75, 3.05) is 13.7 Å². The van der Waals surface area contributed by atoms with Crippen molar-refractivity contribution in [1.82, 2.24) is 5.06 Å². The molecule has 0 heterocycles. The molecule has 0 saturated heterocycles. The van der Waals surface area contributed by atoms with E-state index in [1.165, 1.54) is 18.2 Å². The lowest BCUT2D eigenvalue weighted by Gasteiger charge is -2.30. The first-order chi connectivity index (χ1) is 11.8. The van der Waals surface area contributed by atoms with Gasteiger partial charge in [0, 0.05) is 24.1 Å². The third-order valence-electron chi connectivity index (χ3n) is 4.67. The molecule has 136 valence electrons. The third-order valence-corrected chi connectivity index (χ3v) is 4.67. The molecule has 2 aromatic rings. The van der Waals surface area contributed by atoms with Gasteiger partial charge in [0.25, 0.3) is 0 Å². The number of hydrogen-bond donors (Lipinski definition) is 0. The minimum absolute atomic E-state index is 0.0741. The van der Waals surface area contributed by atoms with Gasteiger partial charge in [-0.05, 0) is 62.9 Å². The zero-order valence-electron chi connectivity index (χ0n) is 15.6. The smallest absolute Gasteiger partial charge is 0.129 e. The molecule has 0 N–H and O–H groups in total. The summed E-state index contributed by atoms with van der Waals surface area (Å²) < 4.78 is 28.4. The lowest BCUT2D eigenvalue weighted by molar-refractivity contribution is -0.156. The zero-order valence-corrected chi connectivity index (χ0v) is 15.6. The van der Waals surface area contributed by atoms with E-state index in [0.717, 1.165) is 16.7 Å². The molecule has 2 aromatic carbocycles. The van der Waals surface area contributed by atoms with Gasteiger partial charge in [0.1, 0.15) is 11.6 Å². The fourth-order valence-electron chi connectivity index (χ4n) is 3.42. The van der Waals surface area contributed by atoms with Crippen molar-refractivity contribution < 1.29 is 13.6 Å². The van der Waals surface area contributed by atoms with Crippen molar-refractivity contribution in [2.45, 2.75) is 46.1 Å². The molecule has 25 heavy (non-hydrogen) atoms. The normalized spacial score (nSPS) is 12.8. The second-order valence-corrected chi connectivity index (χ2v) is 6.78. The van der Waals surface area contributed by atoms with Crippen molar-refractivity contribution in [2.24, 2.45) is 0 Å². The maximum atomic E-state index is 14.2. The van der Waals surface area contributed by atoms with E-state index in [1.807, 2.05) is 51.0 Å². The van der Waals surface area contributed by atoms with Crippen LogP contribution in [0.5, 0.6) is 0 Å². The molecule has 0 spiro atoms. The van der Waals surface area contributed by atoms with Gasteiger partial charge in [-0.1, -0.05) is 24.3 Å². The van der Waals surface area contributed by atoms with Gasteiger partial charge in [-0.15, -0.1) is 0 Å². The van der Waals surface area contributed by atoms with Crippen LogP contribution in [0.15, 0.2) is 36.4 Å². The predicted molar refractivity (Wildman–Crippen MR) is 97.6 cm³/mol. The van der Waals surface area contributed by atoms with E-state index in [9.17, 15) is 8.78 Å². The molecule has 0 saturated carbocycles. The van der Waals surface area contributed by atoms with Gasteiger partial charge in [-0.3, -0.25) is 0 Å². The maximum absolute atomic E-state index is 14.2. The first-order valence-corrected chi connectivity index (χ1v) is 8.64. The molecule has 0 radical (unpaired) electrons. The van der Waals surface area contributed by atoms with E-state index >= 15 is 0 Å². The average molecular weight is 347 g/mol. The molecule has 0 fully saturated rings. The second-order valence-electron chi connectivity index (χ2n) is 6.78. The molecule has 1 unspecified atom stereocenters. The summed E-state index contributed by atoms with van der Waals surface area (Å²) in [6.45, 7) is 8.72. The highest BCUT2D eigenvalue weighted by molar-refractivity contribution is 5.38. The Morgan fingerprint density at radius 2 is 1.48 bits per heavy atom. The van der Waals surface area contributed by atoms with E-state index in [2.05, 4.69) is 0 Å². The number of hydroxylamine groups is 2. The van der Waals surface area contributed by atoms with Crippen LogP contribution in [0.2, 0.25) is 0 Å². The average Bonchev–Trinajstić information content (AvgIpc) is 2.54. The van der Waals surface area contributed by atoms with E-state index in [4.69, 9.17) is 4.84 Å². The lowest BCUT2D eigenvalue weighted by atomic mass is 9.85. The van der Waals surface area contributed by atoms with Crippen molar-refractivity contribution in [3.05, 3.63) is 70.3 Å². The fourth-order valence-corrected chi connectivity index (χ4v) is 3.42. The van der Waals surface area contributed by atoms with Crippen LogP contribution in [0.1, 0.15) is 42.0 Å². The third kappa shape index (κ3) is 4.65. The molecular formula is C21H27F2NO. The Morgan fingerprint density at radius 3 is 1.96 bits per heavy atom. The summed E-state index contributed by atoms with van der Waals surface area (Å²) >= 11 is 0. The van der Waals surface area contributed by atoms with Gasteiger partial charge >= 0.3 is 0 Å². The topological polar surface area (TPSA) is 12.5 Å². The number of halogens is 2. The Hall–Kier alpha value is -1.78. The van der Waals surface area contributed by atoms with Crippen LogP contribution in [0.25, 0.3) is 0 Å². The lowest BCUT2D eigenvalue weighted by Crippen LogP contribution is -2.35. The summed E-state index contributed by atoms with van der Waals surface area (Å²) in [6.07, 6.45) is 0.288. The fraction of sp³-hybridized carbons (Fsp3) is 0.429. The van der Waals surface area contributed by atoms with E-state index in [-0.39, 0.29) is 23.9 Å². The Bertz CT molecular complexity index is 675. The molecular weight excluding hydrogens is 320 g/mol. The van der Waals surface area contributed by atoms with Gasteiger partial charge in [0.05, 0.1) is 7.11 Å². The van der Waals surface area contributed by atoms with Crippen LogP contribution in [0.4, 0.5) is 8.78 Å². The molecule has 0 aliphatic heterocycles. The summed E-state index contributed by atoms with van der Waals surface area (Å²) in [7, 11) is 1.63. The largest absolute Gasteiger partial charge is 0.302 e. The van der Waals surface area contributed by atoms with Crippen LogP contribution in [-0.2, 0) is 11.3 Å². The molecule has 1 atom stereocenters. The van der Waals surface area contributed by atoms with Crippen molar-refractivity contribution >= 4 is 0 Å². The van der Waals surface area contributed by atoms with Crippen LogP contribution >= 0.6 is 0 Å². The van der Waals surface area contributed by atoms with Crippen LogP contribution in [0.3, 0.4) is 0 Å². The van der Waals surface area contributed by atoms with Crippen LogP contribution in [-0.4, -0.2) is 24.8 Å². The first-order valence-electron chi connectivity index (χ1n) is 8.64. The van der Waals surface area contributed by atoms with Crippen molar-refractivity contribution in [3.8, 4) is 0 Å². The molecule has 0 aliphatic carbocycles. The highest BCUT2D eigenvalue weighted by atomic mass is 19.1. The van der Waals surface area contributed by atoms with Crippen LogP contribution in [0, 0.1) is 25.5 Å². The maximum Gasteiger partial charge on any atom is 0.129 e. The number of nitrogens with zero attached hydrogens (tertiary/aromatic N) is 1. The van der Waals surface area contributed by atoms with Gasteiger partial charge in [-0.25, -0.2) is 8.78 Å². The highest BCUT2D eigenvalue weighted by Crippen LogP contribution is 2.30. The van der Waals surface area contributed by atoms with E-state index < -0.39 is 11.6 Å². The number of aryl methyl sites for hydroxylation is 2. The molecule has 0 amide bonds. The minimum Gasteiger partial charge on any atom is -0.302 e. The zero-order chi connectivity index (χ0) is 18.6. The second kappa shape index (κ2) is 8.54. The molecule has 2 rings (SSSR count). The summed E-state index contributed by atoms with van der Waals surface area (Å²) in [5.41, 5.74) is 3.52. The summed E-state index contributed by atoms with van der Waals surface area (Å²) in [4.78, 5) is 5.49. The Labute approximate surface area is 149 Å². The highest BCUT2D eigenvalue weighted by Gasteiger charge is 2.24. The minimum atomic E-state index is -0.496. The van der Waals surface area contributed by atoms with E-state index in [0.29, 0.717) is 6.54 Å². The van der Waals surface area contributed by atoms with Gasteiger partial charge in [-0.2, -0.15) is 5.06 Å². The molecule has 0 aromatic heterocycles. The Balaban J connectivity index is 2.45. The first kappa shape index (κ1) is 19.5. The van der Waals surface area contributed by atoms with E-state index in [1.54, 1.807) is 7.11 Å². The summed E-state index contributed by atoms with van der Waals surface area (Å²) in [5, 5.41) is 1.86. The Morgan fingerprint density at radius 1 is 0.960 bits per heavy atom. The predicted octanol–water partition coefficient (Wildman–Crippen LogP) is 5.18. The molecule has 4 heteroatoms. The summed E-state index contributed by atoms with van der Waals surface area (Å²) in [5.74, 6) is -1.07. The quantitative estimate of drug-likeness (QED) is 0.640. The SMILES string of the molecule is CON(CC(Cc1c(F)cccc1F)c1c(C)cccc1C)C(C)C. The molecule has 2 nitrogen and oxygen atoms in total. The Kier molecular flexibility index (Phi) is 6.68. The molecule has 0 bridgehead atoms. The van der Waals surface area contributed by atoms with Crippen molar-refractivity contribution in [1.29, 1.82) is 0 Å². The van der Waals surface area contributed by atoms with Crippen molar-refractivity contribution in [3.63, 3.8) is 0 Å². The number of hydrogen-bond acceptors (Lipinski definition) is 2.